The summed E-state index contributed by atoms with van der Waals surface area (Å²) in [5, 5.41) is 0. The molecule has 1 aliphatic carbocycles. The van der Waals surface area contributed by atoms with E-state index in [0.717, 1.165) is 6.42 Å². The molecule has 0 aromatic heterocycles. The van der Waals surface area contributed by atoms with Crippen molar-refractivity contribution in [1.82, 2.24) is 0 Å². The van der Waals surface area contributed by atoms with Gasteiger partial charge in [-0.3, -0.25) is 0 Å². The zero-order chi connectivity index (χ0) is 12.4. The molecule has 1 unspecified atom stereocenters. The van der Waals surface area contributed by atoms with Crippen molar-refractivity contribution in [2.75, 3.05) is 0 Å². The number of rotatable bonds is 3. The maximum atomic E-state index is 2.40. The minimum Gasteiger partial charge on any atom is -0.0837 e. The molecule has 0 radical (unpaired) electrons. The maximum Gasteiger partial charge on any atom is 0.000831 e. The Morgan fingerprint density at radius 2 is 1.82 bits per heavy atom. The van der Waals surface area contributed by atoms with E-state index in [9.17, 15) is 0 Å². The summed E-state index contributed by atoms with van der Waals surface area (Å²) in [6, 6.07) is 10.9. The third-order valence-corrected chi connectivity index (χ3v) is 4.52. The van der Waals surface area contributed by atoms with E-state index < -0.39 is 0 Å². The smallest absolute Gasteiger partial charge is 0.000831 e. The van der Waals surface area contributed by atoms with Gasteiger partial charge in [0.2, 0.25) is 0 Å². The van der Waals surface area contributed by atoms with Crippen LogP contribution in [0, 0.1) is 5.41 Å². The zero-order valence-corrected chi connectivity index (χ0v) is 11.1. The van der Waals surface area contributed by atoms with Gasteiger partial charge in [0.15, 0.2) is 0 Å². The Balaban J connectivity index is 2.43. The van der Waals surface area contributed by atoms with Crippen LogP contribution in [0.4, 0.5) is 0 Å². The summed E-state index contributed by atoms with van der Waals surface area (Å²) >= 11 is 0. The van der Waals surface area contributed by atoms with E-state index >= 15 is 0 Å². The second-order valence-electron chi connectivity index (χ2n) is 5.49. The van der Waals surface area contributed by atoms with Crippen molar-refractivity contribution in [2.24, 2.45) is 5.41 Å². The van der Waals surface area contributed by atoms with Gasteiger partial charge in [-0.15, -0.1) is 0 Å². The normalized spacial score (nSPS) is 23.9. The second-order valence-corrected chi connectivity index (χ2v) is 5.49. The number of hydrogen-bond donors (Lipinski definition) is 0. The molecule has 2 rings (SSSR count). The Hall–Kier alpha value is -1.30. The Morgan fingerprint density at radius 1 is 1.12 bits per heavy atom. The van der Waals surface area contributed by atoms with Gasteiger partial charge in [0.1, 0.15) is 0 Å². The van der Waals surface area contributed by atoms with Crippen molar-refractivity contribution in [1.29, 1.82) is 0 Å². The van der Waals surface area contributed by atoms with Gasteiger partial charge < -0.3 is 0 Å². The third kappa shape index (κ3) is 1.97. The third-order valence-electron chi connectivity index (χ3n) is 4.52. The Labute approximate surface area is 105 Å². The molecule has 0 aliphatic heterocycles. The highest BCUT2D eigenvalue weighted by Crippen LogP contribution is 2.49. The molecule has 0 heteroatoms. The Morgan fingerprint density at radius 3 is 2.35 bits per heavy atom. The molecule has 1 aromatic carbocycles. The summed E-state index contributed by atoms with van der Waals surface area (Å²) in [7, 11) is 0. The predicted molar refractivity (Wildman–Crippen MR) is 75.1 cm³/mol. The van der Waals surface area contributed by atoms with Crippen molar-refractivity contribution >= 4 is 0 Å². The van der Waals surface area contributed by atoms with E-state index in [1.807, 2.05) is 0 Å². The van der Waals surface area contributed by atoms with Gasteiger partial charge in [0, 0.05) is 5.41 Å². The average Bonchev–Trinajstić information content (AvgIpc) is 2.40. The van der Waals surface area contributed by atoms with E-state index in [1.165, 1.54) is 12.0 Å². The van der Waals surface area contributed by atoms with Gasteiger partial charge in [-0.05, 0) is 23.8 Å². The van der Waals surface area contributed by atoms with E-state index in [4.69, 9.17) is 0 Å². The highest BCUT2D eigenvalue weighted by Gasteiger charge is 2.42. The molecule has 1 aliphatic rings. The van der Waals surface area contributed by atoms with Crippen LogP contribution in [0.2, 0.25) is 0 Å². The summed E-state index contributed by atoms with van der Waals surface area (Å²) in [5.41, 5.74) is 1.86. The van der Waals surface area contributed by atoms with Gasteiger partial charge in [-0.1, -0.05) is 75.4 Å². The van der Waals surface area contributed by atoms with Crippen LogP contribution in [-0.4, -0.2) is 0 Å². The highest BCUT2D eigenvalue weighted by atomic mass is 14.5. The molecule has 0 spiro atoms. The molecule has 0 bridgehead atoms. The lowest BCUT2D eigenvalue weighted by Crippen LogP contribution is -2.39. The van der Waals surface area contributed by atoms with Crippen LogP contribution in [0.1, 0.15) is 39.2 Å². The summed E-state index contributed by atoms with van der Waals surface area (Å²) in [5.74, 6) is 0. The van der Waals surface area contributed by atoms with E-state index in [0.29, 0.717) is 0 Å². The van der Waals surface area contributed by atoms with E-state index in [-0.39, 0.29) is 10.8 Å². The monoisotopic (exact) mass is 226 g/mol. The number of benzene rings is 1. The molecule has 90 valence electrons. The summed E-state index contributed by atoms with van der Waals surface area (Å²) in [4.78, 5) is 0. The van der Waals surface area contributed by atoms with Crippen LogP contribution in [0.3, 0.4) is 0 Å². The average molecular weight is 226 g/mol. The molecule has 0 fully saturated rings. The lowest BCUT2D eigenvalue weighted by atomic mass is 9.58. The lowest BCUT2D eigenvalue weighted by molar-refractivity contribution is 0.204. The Kier molecular flexibility index (Phi) is 3.24. The Bertz CT molecular complexity index is 423. The zero-order valence-electron chi connectivity index (χ0n) is 11.1. The fourth-order valence-corrected chi connectivity index (χ4v) is 2.97. The molecular weight excluding hydrogens is 204 g/mol. The summed E-state index contributed by atoms with van der Waals surface area (Å²) in [6.07, 6.45) is 11.4. The van der Waals surface area contributed by atoms with Crippen molar-refractivity contribution in [3.8, 4) is 0 Å². The first kappa shape index (κ1) is 12.2. The first-order valence-electron chi connectivity index (χ1n) is 6.52. The van der Waals surface area contributed by atoms with E-state index in [1.54, 1.807) is 0 Å². The van der Waals surface area contributed by atoms with Crippen molar-refractivity contribution in [2.45, 2.75) is 39.0 Å². The standard InChI is InChI=1S/C17H22/c1-4-17(13-9-6-10-14-17)16(2,3)15-11-7-5-8-12-15/h5-13H,4,14H2,1-3H3. The largest absolute Gasteiger partial charge is 0.0837 e. The molecule has 0 amide bonds. The molecule has 0 heterocycles. The van der Waals surface area contributed by atoms with Crippen LogP contribution in [0.15, 0.2) is 54.6 Å². The van der Waals surface area contributed by atoms with Gasteiger partial charge in [-0.25, -0.2) is 0 Å². The van der Waals surface area contributed by atoms with Crippen LogP contribution in [0.5, 0.6) is 0 Å². The maximum absolute atomic E-state index is 2.40. The minimum absolute atomic E-state index is 0.171. The predicted octanol–water partition coefficient (Wildman–Crippen LogP) is 4.88. The second kappa shape index (κ2) is 4.52. The van der Waals surface area contributed by atoms with Crippen LogP contribution in [-0.2, 0) is 5.41 Å². The molecule has 0 nitrogen and oxygen atoms in total. The summed E-state index contributed by atoms with van der Waals surface area (Å²) in [6.45, 7) is 7.04. The summed E-state index contributed by atoms with van der Waals surface area (Å²) < 4.78 is 0. The topological polar surface area (TPSA) is 0 Å². The lowest BCUT2D eigenvalue weighted by Gasteiger charge is -2.45. The van der Waals surface area contributed by atoms with Gasteiger partial charge >= 0.3 is 0 Å². The molecule has 0 saturated carbocycles. The van der Waals surface area contributed by atoms with Crippen LogP contribution >= 0.6 is 0 Å². The molecule has 17 heavy (non-hydrogen) atoms. The van der Waals surface area contributed by atoms with Crippen molar-refractivity contribution in [3.05, 3.63) is 60.2 Å². The fourth-order valence-electron chi connectivity index (χ4n) is 2.97. The van der Waals surface area contributed by atoms with Gasteiger partial charge in [-0.2, -0.15) is 0 Å². The first-order chi connectivity index (χ1) is 8.12. The fraction of sp³-hybridized carbons (Fsp3) is 0.412. The SMILES string of the molecule is CCC1(C(C)(C)c2ccccc2)C=CC=CC1. The van der Waals surface area contributed by atoms with E-state index in [2.05, 4.69) is 75.4 Å². The van der Waals surface area contributed by atoms with Crippen molar-refractivity contribution < 1.29 is 0 Å². The molecule has 0 N–H and O–H groups in total. The molecule has 0 saturated heterocycles. The number of allylic oxidation sites excluding steroid dienone is 4. The van der Waals surface area contributed by atoms with Crippen LogP contribution in [0.25, 0.3) is 0 Å². The van der Waals surface area contributed by atoms with Gasteiger partial charge in [0.25, 0.3) is 0 Å². The molecule has 1 atom stereocenters. The van der Waals surface area contributed by atoms with Crippen LogP contribution < -0.4 is 0 Å². The quantitative estimate of drug-likeness (QED) is 0.689. The van der Waals surface area contributed by atoms with Crippen molar-refractivity contribution in [3.63, 3.8) is 0 Å². The highest BCUT2D eigenvalue weighted by molar-refractivity contribution is 5.32. The first-order valence-corrected chi connectivity index (χ1v) is 6.52. The number of hydrogen-bond acceptors (Lipinski definition) is 0. The molecular formula is C17H22. The minimum atomic E-state index is 0.171. The molecule has 1 aromatic rings. The van der Waals surface area contributed by atoms with Gasteiger partial charge in [0.05, 0.1) is 0 Å².